The number of hydrogen-bond acceptors (Lipinski definition) is 5. The van der Waals surface area contributed by atoms with Crippen LogP contribution < -0.4 is 10.6 Å². The Labute approximate surface area is 109 Å². The van der Waals surface area contributed by atoms with Gasteiger partial charge >= 0.3 is 0 Å². The number of nitrogens with one attached hydrogen (secondary N) is 2. The molecule has 0 spiro atoms. The number of nitrogens with zero attached hydrogens (tertiary/aromatic N) is 2. The molecule has 2 N–H and O–H groups in total. The smallest absolute Gasteiger partial charge is 0.224 e. The number of rotatable bonds is 8. The van der Waals surface area contributed by atoms with E-state index in [-0.39, 0.29) is 0 Å². The maximum atomic E-state index is 5.07. The molecule has 0 saturated carbocycles. The van der Waals surface area contributed by atoms with Crippen molar-refractivity contribution < 1.29 is 4.74 Å². The summed E-state index contributed by atoms with van der Waals surface area (Å²) in [5.41, 5.74) is 0.963. The molecule has 0 aromatic carbocycles. The van der Waals surface area contributed by atoms with Crippen LogP contribution in [0.3, 0.4) is 0 Å². The van der Waals surface area contributed by atoms with Gasteiger partial charge in [0.2, 0.25) is 5.95 Å². The molecule has 0 radical (unpaired) electrons. The summed E-state index contributed by atoms with van der Waals surface area (Å²) < 4.78 is 5.07. The third-order valence-electron chi connectivity index (χ3n) is 2.54. The summed E-state index contributed by atoms with van der Waals surface area (Å²) >= 11 is 0. The van der Waals surface area contributed by atoms with E-state index in [1.165, 1.54) is 0 Å². The molecule has 1 rings (SSSR count). The van der Waals surface area contributed by atoms with Crippen molar-refractivity contribution in [1.82, 2.24) is 9.97 Å². The van der Waals surface area contributed by atoms with E-state index in [0.29, 0.717) is 12.0 Å². The van der Waals surface area contributed by atoms with E-state index in [9.17, 15) is 0 Å². The number of aromatic nitrogens is 2. The predicted octanol–water partition coefficient (Wildman–Crippen LogP) is 2.44. The summed E-state index contributed by atoms with van der Waals surface area (Å²) in [6.07, 6.45) is 2.02. The van der Waals surface area contributed by atoms with Gasteiger partial charge in [-0.15, -0.1) is 0 Å². The minimum absolute atomic E-state index is 0.332. The average Bonchev–Trinajstić information content (AvgIpc) is 2.33. The molecule has 18 heavy (non-hydrogen) atoms. The highest BCUT2D eigenvalue weighted by atomic mass is 16.5. The van der Waals surface area contributed by atoms with Crippen molar-refractivity contribution in [3.8, 4) is 0 Å². The molecule has 0 bridgehead atoms. The molecule has 1 atom stereocenters. The number of ether oxygens (including phenoxy) is 1. The van der Waals surface area contributed by atoms with Crippen LogP contribution in [0.5, 0.6) is 0 Å². The first-order valence-electron chi connectivity index (χ1n) is 6.50. The van der Waals surface area contributed by atoms with Crippen LogP contribution >= 0.6 is 0 Å². The lowest BCUT2D eigenvalue weighted by Gasteiger charge is -2.15. The van der Waals surface area contributed by atoms with Gasteiger partial charge < -0.3 is 15.4 Å². The maximum absolute atomic E-state index is 5.07. The lowest BCUT2D eigenvalue weighted by Crippen LogP contribution is -2.19. The summed E-state index contributed by atoms with van der Waals surface area (Å²) in [4.78, 5) is 8.80. The van der Waals surface area contributed by atoms with Gasteiger partial charge in [-0.2, -0.15) is 4.98 Å². The van der Waals surface area contributed by atoms with Crippen molar-refractivity contribution in [3.05, 3.63) is 11.8 Å². The second-order valence-corrected chi connectivity index (χ2v) is 4.47. The minimum Gasteiger partial charge on any atom is -0.385 e. The molecule has 0 aliphatic carbocycles. The Morgan fingerprint density at radius 2 is 2.17 bits per heavy atom. The Morgan fingerprint density at radius 3 is 2.83 bits per heavy atom. The van der Waals surface area contributed by atoms with E-state index < -0.39 is 0 Å². The van der Waals surface area contributed by atoms with Gasteiger partial charge in [0.1, 0.15) is 5.82 Å². The standard InChI is InChI=1S/C13H24N4O/c1-5-7-14-13-16-11(3)9-12(17-13)15-10(2)6-8-18-4/h9-10H,5-8H2,1-4H3,(H2,14,15,16,17). The molecule has 1 aromatic rings. The van der Waals surface area contributed by atoms with Crippen LogP contribution in [0.2, 0.25) is 0 Å². The number of anilines is 2. The predicted molar refractivity (Wildman–Crippen MR) is 75.1 cm³/mol. The van der Waals surface area contributed by atoms with Crippen molar-refractivity contribution in [2.45, 2.75) is 39.7 Å². The molecule has 102 valence electrons. The molecule has 1 aromatic heterocycles. The highest BCUT2D eigenvalue weighted by molar-refractivity contribution is 5.42. The monoisotopic (exact) mass is 252 g/mol. The van der Waals surface area contributed by atoms with Crippen LogP contribution in [0.1, 0.15) is 32.4 Å². The van der Waals surface area contributed by atoms with E-state index in [0.717, 1.165) is 37.5 Å². The van der Waals surface area contributed by atoms with Crippen LogP contribution in [0.25, 0.3) is 0 Å². The number of aryl methyl sites for hydroxylation is 1. The lowest BCUT2D eigenvalue weighted by atomic mass is 10.2. The van der Waals surface area contributed by atoms with Crippen molar-refractivity contribution in [1.29, 1.82) is 0 Å². The normalized spacial score (nSPS) is 12.2. The summed E-state index contributed by atoms with van der Waals surface area (Å²) in [5, 5.41) is 6.57. The average molecular weight is 252 g/mol. The zero-order valence-electron chi connectivity index (χ0n) is 11.8. The quantitative estimate of drug-likeness (QED) is 0.744. The third-order valence-corrected chi connectivity index (χ3v) is 2.54. The summed E-state index contributed by atoms with van der Waals surface area (Å²) in [6.45, 7) is 7.86. The van der Waals surface area contributed by atoms with Gasteiger partial charge in [0.25, 0.3) is 0 Å². The van der Waals surface area contributed by atoms with Crippen LogP contribution in [-0.2, 0) is 4.74 Å². The second-order valence-electron chi connectivity index (χ2n) is 4.47. The lowest BCUT2D eigenvalue weighted by molar-refractivity contribution is 0.191. The van der Waals surface area contributed by atoms with Crippen molar-refractivity contribution in [3.63, 3.8) is 0 Å². The Bertz CT molecular complexity index is 357. The van der Waals surface area contributed by atoms with Crippen LogP contribution in [0, 0.1) is 6.92 Å². The number of hydrogen-bond donors (Lipinski definition) is 2. The molecule has 0 aliphatic rings. The third kappa shape index (κ3) is 5.31. The van der Waals surface area contributed by atoms with E-state index >= 15 is 0 Å². The SMILES string of the molecule is CCCNc1nc(C)cc(NC(C)CCOC)n1. The van der Waals surface area contributed by atoms with Gasteiger partial charge in [0.05, 0.1) is 0 Å². The molecule has 5 nitrogen and oxygen atoms in total. The van der Waals surface area contributed by atoms with Gasteiger partial charge in [-0.3, -0.25) is 0 Å². The topological polar surface area (TPSA) is 59.1 Å². The molecule has 1 unspecified atom stereocenters. The minimum atomic E-state index is 0.332. The first-order valence-corrected chi connectivity index (χ1v) is 6.50. The molecule has 0 aliphatic heterocycles. The van der Waals surface area contributed by atoms with E-state index in [2.05, 4.69) is 34.4 Å². The fourth-order valence-corrected chi connectivity index (χ4v) is 1.58. The van der Waals surface area contributed by atoms with Gasteiger partial charge in [-0.1, -0.05) is 6.92 Å². The van der Waals surface area contributed by atoms with E-state index in [1.54, 1.807) is 7.11 Å². The molecule has 5 heteroatoms. The van der Waals surface area contributed by atoms with Gasteiger partial charge in [-0.25, -0.2) is 4.98 Å². The van der Waals surface area contributed by atoms with Gasteiger partial charge in [0.15, 0.2) is 0 Å². The summed E-state index contributed by atoms with van der Waals surface area (Å²) in [5.74, 6) is 1.56. The summed E-state index contributed by atoms with van der Waals surface area (Å²) in [7, 11) is 1.72. The molecular weight excluding hydrogens is 228 g/mol. The number of methoxy groups -OCH3 is 1. The first-order chi connectivity index (χ1) is 8.65. The van der Waals surface area contributed by atoms with E-state index in [4.69, 9.17) is 4.74 Å². The van der Waals surface area contributed by atoms with E-state index in [1.807, 2.05) is 13.0 Å². The van der Waals surface area contributed by atoms with Gasteiger partial charge in [0, 0.05) is 38.1 Å². The molecule has 1 heterocycles. The van der Waals surface area contributed by atoms with Crippen molar-refractivity contribution in [2.24, 2.45) is 0 Å². The zero-order chi connectivity index (χ0) is 13.4. The van der Waals surface area contributed by atoms with Crippen LogP contribution in [0.15, 0.2) is 6.07 Å². The molecule has 0 amide bonds. The molecule has 0 saturated heterocycles. The first kappa shape index (κ1) is 14.7. The second kappa shape index (κ2) is 7.87. The Balaban J connectivity index is 2.61. The molecular formula is C13H24N4O. The summed E-state index contributed by atoms with van der Waals surface area (Å²) in [6, 6.07) is 2.29. The fourth-order valence-electron chi connectivity index (χ4n) is 1.58. The Kier molecular flexibility index (Phi) is 6.43. The maximum Gasteiger partial charge on any atom is 0.224 e. The highest BCUT2D eigenvalue weighted by Crippen LogP contribution is 2.11. The zero-order valence-corrected chi connectivity index (χ0v) is 11.8. The Hall–Kier alpha value is -1.36. The van der Waals surface area contributed by atoms with Crippen LogP contribution in [-0.4, -0.2) is 36.3 Å². The highest BCUT2D eigenvalue weighted by Gasteiger charge is 2.05. The van der Waals surface area contributed by atoms with Gasteiger partial charge in [-0.05, 0) is 26.7 Å². The van der Waals surface area contributed by atoms with Crippen molar-refractivity contribution in [2.75, 3.05) is 30.9 Å². The molecule has 0 fully saturated rings. The van der Waals surface area contributed by atoms with Crippen molar-refractivity contribution >= 4 is 11.8 Å². The Morgan fingerprint density at radius 1 is 1.39 bits per heavy atom. The largest absolute Gasteiger partial charge is 0.385 e. The fraction of sp³-hybridized carbons (Fsp3) is 0.692. The van der Waals surface area contributed by atoms with Crippen LogP contribution in [0.4, 0.5) is 11.8 Å².